The second kappa shape index (κ2) is 16.0. The molecule has 65 heavy (non-hydrogen) atoms. The van der Waals surface area contributed by atoms with Gasteiger partial charge in [-0.2, -0.15) is 16.8 Å². The molecule has 2 amide bonds. The van der Waals surface area contributed by atoms with Crippen LogP contribution in [0.5, 0.6) is 46.0 Å². The molecular weight excluding hydrogens is 893 g/mol. The van der Waals surface area contributed by atoms with Crippen LogP contribution in [0.1, 0.15) is 51.1 Å². The number of hydrogen-bond acceptors (Lipinski definition) is 16. The van der Waals surface area contributed by atoms with E-state index >= 15 is 0 Å². The van der Waals surface area contributed by atoms with E-state index < -0.39 is 54.9 Å². The van der Waals surface area contributed by atoms with E-state index in [-0.39, 0.29) is 91.6 Å². The molecule has 0 spiro atoms. The maximum atomic E-state index is 14.1. The Kier molecular flexibility index (Phi) is 10.3. The summed E-state index contributed by atoms with van der Waals surface area (Å²) in [5.41, 5.74) is 3.04. The zero-order valence-corrected chi connectivity index (χ0v) is 36.1. The maximum absolute atomic E-state index is 14.1. The Morgan fingerprint density at radius 3 is 1.42 bits per heavy atom. The molecular formula is C43H40N4O16S2. The first kappa shape index (κ1) is 42.1. The van der Waals surface area contributed by atoms with Crippen LogP contribution < -0.4 is 48.5 Å². The topological polar surface area (TPSA) is 247 Å². The summed E-state index contributed by atoms with van der Waals surface area (Å²) in [4.78, 5) is 30.7. The number of hydrogen-bond donors (Lipinski definition) is 4. The van der Waals surface area contributed by atoms with E-state index in [0.29, 0.717) is 45.3 Å². The van der Waals surface area contributed by atoms with Crippen LogP contribution in [0.25, 0.3) is 11.1 Å². The molecule has 20 nitrogen and oxygen atoms in total. The highest BCUT2D eigenvalue weighted by Crippen LogP contribution is 2.46. The lowest BCUT2D eigenvalue weighted by Gasteiger charge is -2.26. The largest absolute Gasteiger partial charge is 0.493 e. The second-order valence-electron chi connectivity index (χ2n) is 15.7. The first-order valence-electron chi connectivity index (χ1n) is 20.2. The Labute approximate surface area is 371 Å². The number of rotatable bonds is 12. The number of nitrogens with one attached hydrogen (secondary N) is 2. The fourth-order valence-electron chi connectivity index (χ4n) is 8.79. The van der Waals surface area contributed by atoms with Crippen molar-refractivity contribution in [3.8, 4) is 46.0 Å². The van der Waals surface area contributed by atoms with E-state index in [1.807, 2.05) is 0 Å². The number of fused-ring (bicyclic) bond motifs is 6. The number of anilines is 2. The molecule has 4 aromatic rings. The molecule has 340 valence electrons. The monoisotopic (exact) mass is 932 g/mol. The van der Waals surface area contributed by atoms with Gasteiger partial charge in [0.1, 0.15) is 0 Å². The lowest BCUT2D eigenvalue weighted by molar-refractivity contribution is 0.0782. The van der Waals surface area contributed by atoms with Gasteiger partial charge in [0.25, 0.3) is 32.1 Å². The predicted molar refractivity (Wildman–Crippen MR) is 230 cm³/mol. The molecule has 0 aliphatic carbocycles. The van der Waals surface area contributed by atoms with Crippen molar-refractivity contribution in [1.82, 2.24) is 9.80 Å². The first-order valence-corrected chi connectivity index (χ1v) is 23.2. The van der Waals surface area contributed by atoms with Crippen LogP contribution in [-0.2, 0) is 20.2 Å². The summed E-state index contributed by atoms with van der Waals surface area (Å²) in [7, 11) is -6.76. The van der Waals surface area contributed by atoms with Gasteiger partial charge >= 0.3 is 0 Å². The van der Waals surface area contributed by atoms with Crippen LogP contribution in [0, 0.1) is 0 Å². The number of ether oxygens (including phenoxy) is 8. The van der Waals surface area contributed by atoms with Crippen LogP contribution in [0.3, 0.4) is 0 Å². The van der Waals surface area contributed by atoms with E-state index in [0.717, 1.165) is 0 Å². The van der Waals surface area contributed by atoms with Gasteiger partial charge in [0.05, 0.1) is 62.0 Å². The van der Waals surface area contributed by atoms with Crippen LogP contribution in [-0.4, -0.2) is 111 Å². The number of amides is 2. The van der Waals surface area contributed by atoms with Gasteiger partial charge in [0.2, 0.25) is 13.6 Å². The molecule has 10 rings (SSSR count). The summed E-state index contributed by atoms with van der Waals surface area (Å²) in [6.45, 7) is 0.204. The molecule has 0 aromatic heterocycles. The number of carbonyl (C=O) groups excluding carboxylic acids is 2. The number of carbonyl (C=O) groups is 2. The van der Waals surface area contributed by atoms with Crippen LogP contribution >= 0.6 is 0 Å². The van der Waals surface area contributed by atoms with Gasteiger partial charge < -0.3 is 58.3 Å². The lowest BCUT2D eigenvalue weighted by Crippen LogP contribution is -2.46. The molecule has 6 aliphatic heterocycles. The summed E-state index contributed by atoms with van der Waals surface area (Å²) < 4.78 is 117. The average molecular weight is 933 g/mol. The molecule has 4 N–H and O–H groups in total. The molecule has 0 radical (unpaired) electrons. The Morgan fingerprint density at radius 1 is 0.600 bits per heavy atom. The minimum atomic E-state index is -4.77. The van der Waals surface area contributed by atoms with Gasteiger partial charge in [0.15, 0.2) is 56.7 Å². The van der Waals surface area contributed by atoms with Crippen molar-refractivity contribution in [2.45, 2.75) is 42.1 Å². The molecule has 22 heteroatoms. The van der Waals surface area contributed by atoms with Crippen molar-refractivity contribution >= 4 is 54.6 Å². The van der Waals surface area contributed by atoms with Crippen molar-refractivity contribution in [1.29, 1.82) is 0 Å². The standard InChI is InChI=1S/C43H40N4O16S2/c1-56-34-14-26-28(44-40(64(50,51)52)30-10-24(18-46(30)42(26)48)22-4-6-32-36(12-22)62-20-60-32)16-38(34)58-8-3-9-59-39-17-29-27(15-35(39)57-2)43(49)47-19-25(11-31(47)41(45-29)65(53,54)55)23-5-7-33-37(13-23)63-21-61-33/h4-7,12-19,30-31,40-41,44-45H,3,8-11,20-21H2,1-2H3,(H,50,51,52)(H,53,54,55)/t30-,31-,40-,41-/m0/s1. The molecule has 0 unspecified atom stereocenters. The number of methoxy groups -OCH3 is 2. The van der Waals surface area contributed by atoms with E-state index in [9.17, 15) is 35.5 Å². The third kappa shape index (κ3) is 7.60. The zero-order chi connectivity index (χ0) is 45.4. The quantitative estimate of drug-likeness (QED) is 0.110. The Balaban J connectivity index is 0.845. The molecule has 0 saturated heterocycles. The van der Waals surface area contributed by atoms with E-state index in [2.05, 4.69) is 10.6 Å². The lowest BCUT2D eigenvalue weighted by atomic mass is 10.0. The SMILES string of the molecule is COc1cc2c(cc1OCCCOc1cc3c(cc1OC)C(=O)N1C=C(c4ccc5c(c4)OCO5)C[C@H]1[C@H](S(=O)(=O)O)N3)N[C@@H](S(=O)(=O)O)[C@@H]1CC(c3ccc4c(c3)OCO4)=CN1C2=O. The maximum Gasteiger partial charge on any atom is 0.288 e. The van der Waals surface area contributed by atoms with Gasteiger partial charge in [-0.05, 0) is 71.5 Å². The molecule has 0 saturated carbocycles. The molecule has 0 bridgehead atoms. The highest BCUT2D eigenvalue weighted by molar-refractivity contribution is 7.86. The Morgan fingerprint density at radius 2 is 1.02 bits per heavy atom. The second-order valence-corrected chi connectivity index (χ2v) is 18.8. The van der Waals surface area contributed by atoms with Crippen molar-refractivity contribution in [2.75, 3.05) is 51.7 Å². The molecule has 6 aliphatic rings. The minimum absolute atomic E-state index is 0.0324. The van der Waals surface area contributed by atoms with Gasteiger partial charge in [-0.15, -0.1) is 0 Å². The minimum Gasteiger partial charge on any atom is -0.493 e. The van der Waals surface area contributed by atoms with Crippen molar-refractivity contribution in [3.05, 3.63) is 95.3 Å². The highest BCUT2D eigenvalue weighted by atomic mass is 32.2. The summed E-state index contributed by atoms with van der Waals surface area (Å²) in [6.07, 6.45) is 3.58. The normalized spacial score (nSPS) is 21.4. The van der Waals surface area contributed by atoms with E-state index in [1.54, 1.807) is 48.8 Å². The summed E-state index contributed by atoms with van der Waals surface area (Å²) >= 11 is 0. The van der Waals surface area contributed by atoms with E-state index in [1.165, 1.54) is 48.3 Å². The average Bonchev–Trinajstić information content (AvgIpc) is 4.10. The van der Waals surface area contributed by atoms with Crippen molar-refractivity contribution in [2.24, 2.45) is 0 Å². The third-order valence-corrected chi connectivity index (χ3v) is 14.1. The van der Waals surface area contributed by atoms with Gasteiger partial charge in [-0.25, -0.2) is 0 Å². The van der Waals surface area contributed by atoms with Gasteiger partial charge in [-0.1, -0.05) is 12.1 Å². The van der Waals surface area contributed by atoms with E-state index in [4.69, 9.17) is 37.9 Å². The zero-order valence-electron chi connectivity index (χ0n) is 34.5. The fourth-order valence-corrected chi connectivity index (χ4v) is 10.6. The van der Waals surface area contributed by atoms with Crippen molar-refractivity contribution < 1.29 is 73.4 Å². The Bertz CT molecular complexity index is 2760. The first-order chi connectivity index (χ1) is 31.2. The van der Waals surface area contributed by atoms with Crippen LogP contribution in [0.2, 0.25) is 0 Å². The predicted octanol–water partition coefficient (Wildman–Crippen LogP) is 4.80. The highest BCUT2D eigenvalue weighted by Gasteiger charge is 2.47. The smallest absolute Gasteiger partial charge is 0.288 e. The van der Waals surface area contributed by atoms with Gasteiger partial charge in [-0.3, -0.25) is 18.7 Å². The van der Waals surface area contributed by atoms with Crippen LogP contribution in [0.15, 0.2) is 73.1 Å². The summed E-state index contributed by atoms with van der Waals surface area (Å²) in [5, 5.41) is 2.52. The van der Waals surface area contributed by atoms with Crippen molar-refractivity contribution in [3.63, 3.8) is 0 Å². The number of nitrogens with zero attached hydrogens (tertiary/aromatic N) is 2. The molecule has 4 atom stereocenters. The Hall–Kier alpha value is -6.88. The number of benzene rings is 4. The van der Waals surface area contributed by atoms with Gasteiger partial charge in [0, 0.05) is 31.0 Å². The fraction of sp³-hybridized carbons (Fsp3) is 0.302. The molecule has 4 aromatic carbocycles. The third-order valence-electron chi connectivity index (χ3n) is 11.9. The molecule has 0 fully saturated rings. The summed E-state index contributed by atoms with van der Waals surface area (Å²) in [6, 6.07) is 14.2. The van der Waals surface area contributed by atoms with Crippen LogP contribution in [0.4, 0.5) is 11.4 Å². The molecule has 6 heterocycles. The summed E-state index contributed by atoms with van der Waals surface area (Å²) in [5.74, 6) is 1.78.